The van der Waals surface area contributed by atoms with Gasteiger partial charge in [0.25, 0.3) is 5.91 Å². The first-order valence-electron chi connectivity index (χ1n) is 9.24. The topological polar surface area (TPSA) is 90.1 Å². The van der Waals surface area contributed by atoms with Crippen LogP contribution in [-0.4, -0.2) is 56.7 Å². The Balaban J connectivity index is 2.04. The quantitative estimate of drug-likeness (QED) is 0.572. The van der Waals surface area contributed by atoms with Crippen LogP contribution < -0.4 is 14.2 Å². The van der Waals surface area contributed by atoms with E-state index in [1.165, 1.54) is 33.3 Å². The molecule has 0 aliphatic carbocycles. The zero-order chi connectivity index (χ0) is 21.7. The summed E-state index contributed by atoms with van der Waals surface area (Å²) in [4.78, 5) is 29.7. The molecule has 1 heterocycles. The lowest BCUT2D eigenvalue weighted by Crippen LogP contribution is -2.36. The first-order valence-corrected chi connectivity index (χ1v) is 9.24. The molecule has 0 fully saturated rings. The maximum absolute atomic E-state index is 13.3. The molecule has 158 valence electrons. The van der Waals surface area contributed by atoms with Gasteiger partial charge in [-0.1, -0.05) is 30.3 Å². The molecule has 0 atom stereocenters. The summed E-state index contributed by atoms with van der Waals surface area (Å²) in [6, 6.07) is 12.8. The number of aromatic nitrogens is 1. The maximum atomic E-state index is 13.3. The Morgan fingerprint density at radius 1 is 0.933 bits per heavy atom. The highest BCUT2D eigenvalue weighted by molar-refractivity contribution is 6.03. The molecular formula is C22H24N2O6. The van der Waals surface area contributed by atoms with Gasteiger partial charge in [-0.25, -0.2) is 0 Å². The zero-order valence-electron chi connectivity index (χ0n) is 17.4. The summed E-state index contributed by atoms with van der Waals surface area (Å²) in [5, 5.41) is 0.663. The van der Waals surface area contributed by atoms with Crippen molar-refractivity contribution in [2.45, 2.75) is 6.54 Å². The van der Waals surface area contributed by atoms with Crippen LogP contribution in [0.5, 0.6) is 17.2 Å². The number of esters is 1. The lowest BCUT2D eigenvalue weighted by Gasteiger charge is -2.21. The third-order valence-corrected chi connectivity index (χ3v) is 4.72. The van der Waals surface area contributed by atoms with Crippen LogP contribution in [-0.2, 0) is 16.1 Å². The third kappa shape index (κ3) is 4.17. The lowest BCUT2D eigenvalue weighted by molar-refractivity contribution is -0.141. The summed E-state index contributed by atoms with van der Waals surface area (Å²) in [5.41, 5.74) is 1.74. The van der Waals surface area contributed by atoms with Crippen LogP contribution >= 0.6 is 0 Å². The molecule has 8 nitrogen and oxygen atoms in total. The highest BCUT2D eigenvalue weighted by Crippen LogP contribution is 2.41. The second kappa shape index (κ2) is 9.21. The summed E-state index contributed by atoms with van der Waals surface area (Å²) in [6.07, 6.45) is 0. The van der Waals surface area contributed by atoms with Crippen LogP contribution in [0, 0.1) is 0 Å². The smallest absolute Gasteiger partial charge is 0.325 e. The Morgan fingerprint density at radius 2 is 1.63 bits per heavy atom. The van der Waals surface area contributed by atoms with Crippen LogP contribution in [0.1, 0.15) is 16.1 Å². The third-order valence-electron chi connectivity index (χ3n) is 4.72. The summed E-state index contributed by atoms with van der Waals surface area (Å²) >= 11 is 0. The number of nitrogens with zero attached hydrogens (tertiary/aromatic N) is 1. The second-order valence-electron chi connectivity index (χ2n) is 6.51. The standard InChI is InChI=1S/C22H24N2O6/c1-27-17-11-18(28-2)21(30-4)20-15(17)10-16(23-20)22(26)24(13-19(25)29-3)12-14-8-6-5-7-9-14/h5-11,23H,12-13H2,1-4H3. The molecule has 1 aromatic heterocycles. The largest absolute Gasteiger partial charge is 0.496 e. The fraction of sp³-hybridized carbons (Fsp3) is 0.273. The van der Waals surface area contributed by atoms with Crippen molar-refractivity contribution < 1.29 is 28.5 Å². The van der Waals surface area contributed by atoms with E-state index in [1.54, 1.807) is 12.1 Å². The van der Waals surface area contributed by atoms with Crippen LogP contribution in [0.4, 0.5) is 0 Å². The van der Waals surface area contributed by atoms with E-state index in [-0.39, 0.29) is 24.7 Å². The fourth-order valence-corrected chi connectivity index (χ4v) is 3.25. The number of carbonyl (C=O) groups is 2. The first kappa shape index (κ1) is 21.0. The number of rotatable bonds is 8. The maximum Gasteiger partial charge on any atom is 0.325 e. The molecule has 0 saturated heterocycles. The van der Waals surface area contributed by atoms with Gasteiger partial charge in [-0.05, 0) is 11.6 Å². The molecule has 1 N–H and O–H groups in total. The van der Waals surface area contributed by atoms with Gasteiger partial charge in [0.15, 0.2) is 11.5 Å². The number of fused-ring (bicyclic) bond motifs is 1. The number of nitrogens with one attached hydrogen (secondary N) is 1. The van der Waals surface area contributed by atoms with Gasteiger partial charge in [0.05, 0.1) is 34.0 Å². The first-order chi connectivity index (χ1) is 14.5. The number of hydrogen-bond acceptors (Lipinski definition) is 6. The van der Waals surface area contributed by atoms with Gasteiger partial charge in [-0.3, -0.25) is 9.59 Å². The van der Waals surface area contributed by atoms with Gasteiger partial charge in [0.1, 0.15) is 18.0 Å². The normalized spacial score (nSPS) is 10.5. The lowest BCUT2D eigenvalue weighted by atomic mass is 10.2. The van der Waals surface area contributed by atoms with E-state index >= 15 is 0 Å². The molecule has 3 rings (SSSR count). The van der Waals surface area contributed by atoms with E-state index in [4.69, 9.17) is 18.9 Å². The minimum Gasteiger partial charge on any atom is -0.496 e. The van der Waals surface area contributed by atoms with Crippen molar-refractivity contribution in [3.05, 3.63) is 53.7 Å². The minimum absolute atomic E-state index is 0.183. The van der Waals surface area contributed by atoms with Crippen LogP contribution in [0.25, 0.3) is 10.9 Å². The van der Waals surface area contributed by atoms with Gasteiger partial charge < -0.3 is 28.8 Å². The molecular weight excluding hydrogens is 388 g/mol. The number of H-pyrrole nitrogens is 1. The molecule has 0 radical (unpaired) electrons. The van der Waals surface area contributed by atoms with Crippen LogP contribution in [0.2, 0.25) is 0 Å². The summed E-state index contributed by atoms with van der Waals surface area (Å²) < 4.78 is 21.1. The van der Waals surface area contributed by atoms with E-state index < -0.39 is 5.97 Å². The number of hydrogen-bond donors (Lipinski definition) is 1. The van der Waals surface area contributed by atoms with Crippen molar-refractivity contribution in [3.8, 4) is 17.2 Å². The van der Waals surface area contributed by atoms with Gasteiger partial charge in [-0.2, -0.15) is 0 Å². The molecule has 0 saturated carbocycles. The number of ether oxygens (including phenoxy) is 4. The molecule has 1 amide bonds. The second-order valence-corrected chi connectivity index (χ2v) is 6.51. The van der Waals surface area contributed by atoms with Gasteiger partial charge in [0, 0.05) is 18.0 Å². The highest BCUT2D eigenvalue weighted by atomic mass is 16.5. The van der Waals surface area contributed by atoms with Crippen LogP contribution in [0.3, 0.4) is 0 Å². The molecule has 0 bridgehead atoms. The molecule has 0 spiro atoms. The molecule has 0 aliphatic heterocycles. The Hall–Kier alpha value is -3.68. The number of aromatic amines is 1. The van der Waals surface area contributed by atoms with Crippen LogP contribution in [0.15, 0.2) is 42.5 Å². The van der Waals surface area contributed by atoms with Gasteiger partial charge in [-0.15, -0.1) is 0 Å². The van der Waals surface area contributed by atoms with Gasteiger partial charge >= 0.3 is 5.97 Å². The minimum atomic E-state index is -0.507. The number of benzene rings is 2. The van der Waals surface area contributed by atoms with Crippen molar-refractivity contribution in [2.24, 2.45) is 0 Å². The van der Waals surface area contributed by atoms with Crippen molar-refractivity contribution >= 4 is 22.8 Å². The summed E-state index contributed by atoms with van der Waals surface area (Å²) in [5.74, 6) is 0.588. The predicted octanol–water partition coefficient (Wildman–Crippen LogP) is 3.01. The number of amides is 1. The molecule has 0 aliphatic rings. The van der Waals surface area contributed by atoms with E-state index in [0.29, 0.717) is 28.2 Å². The number of methoxy groups -OCH3 is 4. The monoisotopic (exact) mass is 412 g/mol. The van der Waals surface area contributed by atoms with Crippen molar-refractivity contribution in [1.82, 2.24) is 9.88 Å². The number of carbonyl (C=O) groups excluding carboxylic acids is 2. The molecule has 3 aromatic rings. The Labute approximate surface area is 174 Å². The molecule has 8 heteroatoms. The molecule has 2 aromatic carbocycles. The van der Waals surface area contributed by atoms with E-state index in [9.17, 15) is 9.59 Å². The SMILES string of the molecule is COC(=O)CN(Cc1ccccc1)C(=O)c1cc2c(OC)cc(OC)c(OC)c2[nH]1. The van der Waals surface area contributed by atoms with E-state index in [1.807, 2.05) is 30.3 Å². The van der Waals surface area contributed by atoms with E-state index in [2.05, 4.69) is 4.98 Å². The molecule has 30 heavy (non-hydrogen) atoms. The summed E-state index contributed by atoms with van der Waals surface area (Å²) in [7, 11) is 5.87. The Kier molecular flexibility index (Phi) is 6.46. The fourth-order valence-electron chi connectivity index (χ4n) is 3.25. The average Bonchev–Trinajstić information content (AvgIpc) is 3.22. The van der Waals surface area contributed by atoms with Crippen molar-refractivity contribution in [2.75, 3.05) is 35.0 Å². The van der Waals surface area contributed by atoms with Crippen molar-refractivity contribution in [3.63, 3.8) is 0 Å². The Bertz CT molecular complexity index is 1040. The Morgan fingerprint density at radius 3 is 2.23 bits per heavy atom. The van der Waals surface area contributed by atoms with E-state index in [0.717, 1.165) is 5.56 Å². The average molecular weight is 412 g/mol. The predicted molar refractivity (Wildman–Crippen MR) is 111 cm³/mol. The van der Waals surface area contributed by atoms with Gasteiger partial charge in [0.2, 0.25) is 0 Å². The summed E-state index contributed by atoms with van der Waals surface area (Å²) in [6.45, 7) is 0.0684. The highest BCUT2D eigenvalue weighted by Gasteiger charge is 2.24. The van der Waals surface area contributed by atoms with Crippen molar-refractivity contribution in [1.29, 1.82) is 0 Å². The molecule has 0 unspecified atom stereocenters. The zero-order valence-corrected chi connectivity index (χ0v) is 17.4.